The first-order chi connectivity index (χ1) is 11.8. The molecule has 0 aliphatic rings. The SMILES string of the molecule is CC(C)[C@@H](NC(=O)c1nn(CCC[C@@H](C)F)c2ccccc12)C(N)=O. The van der Waals surface area contributed by atoms with Gasteiger partial charge in [0.25, 0.3) is 5.91 Å². The molecule has 6 nitrogen and oxygen atoms in total. The Hall–Kier alpha value is -2.44. The van der Waals surface area contributed by atoms with Crippen molar-refractivity contribution in [2.45, 2.75) is 52.4 Å². The number of nitrogens with two attached hydrogens (primary N) is 1. The lowest BCUT2D eigenvalue weighted by Gasteiger charge is -2.18. The lowest BCUT2D eigenvalue weighted by Crippen LogP contribution is -2.47. The molecule has 2 amide bonds. The highest BCUT2D eigenvalue weighted by molar-refractivity contribution is 6.06. The van der Waals surface area contributed by atoms with E-state index in [0.29, 0.717) is 24.8 Å². The second-order valence-corrected chi connectivity index (χ2v) is 6.61. The van der Waals surface area contributed by atoms with Crippen LogP contribution in [0.5, 0.6) is 0 Å². The van der Waals surface area contributed by atoms with Crippen molar-refractivity contribution >= 4 is 22.7 Å². The Bertz CT molecular complexity index is 755. The van der Waals surface area contributed by atoms with E-state index in [1.165, 1.54) is 6.92 Å². The fourth-order valence-corrected chi connectivity index (χ4v) is 2.76. The van der Waals surface area contributed by atoms with E-state index in [1.54, 1.807) is 10.7 Å². The minimum atomic E-state index is -0.869. The molecule has 7 heteroatoms. The number of primary amides is 1. The van der Waals surface area contributed by atoms with Crippen LogP contribution in [0.4, 0.5) is 4.39 Å². The van der Waals surface area contributed by atoms with Crippen LogP contribution in [0.15, 0.2) is 24.3 Å². The predicted molar refractivity (Wildman–Crippen MR) is 94.8 cm³/mol. The molecule has 0 aliphatic heterocycles. The molecule has 0 unspecified atom stereocenters. The third kappa shape index (κ3) is 4.55. The van der Waals surface area contributed by atoms with Crippen molar-refractivity contribution in [1.82, 2.24) is 15.1 Å². The standard InChI is InChI=1S/C18H25FN4O2/c1-11(2)15(17(20)24)21-18(25)16-13-8-4-5-9-14(13)23(22-16)10-6-7-12(3)19/h4-5,8-9,11-12,15H,6-7,10H2,1-3H3,(H2,20,24)(H,21,25)/t12-,15-/m1/s1. The van der Waals surface area contributed by atoms with Gasteiger partial charge < -0.3 is 11.1 Å². The Morgan fingerprint density at radius 3 is 2.56 bits per heavy atom. The maximum Gasteiger partial charge on any atom is 0.273 e. The number of hydrogen-bond acceptors (Lipinski definition) is 3. The van der Waals surface area contributed by atoms with Crippen molar-refractivity contribution in [2.75, 3.05) is 0 Å². The predicted octanol–water partition coefficient (Wildman–Crippen LogP) is 2.41. The molecule has 2 aromatic rings. The van der Waals surface area contributed by atoms with Gasteiger partial charge in [0.15, 0.2) is 5.69 Å². The summed E-state index contributed by atoms with van der Waals surface area (Å²) in [6.45, 7) is 5.66. The maximum atomic E-state index is 13.0. The maximum absolute atomic E-state index is 13.0. The Labute approximate surface area is 146 Å². The van der Waals surface area contributed by atoms with Gasteiger partial charge in [-0.2, -0.15) is 5.10 Å². The monoisotopic (exact) mass is 348 g/mol. The van der Waals surface area contributed by atoms with E-state index in [-0.39, 0.29) is 11.6 Å². The largest absolute Gasteiger partial charge is 0.368 e. The minimum Gasteiger partial charge on any atom is -0.368 e. The van der Waals surface area contributed by atoms with Gasteiger partial charge in [-0.15, -0.1) is 0 Å². The summed E-state index contributed by atoms with van der Waals surface area (Å²) in [5, 5.41) is 7.75. The van der Waals surface area contributed by atoms with E-state index in [1.807, 2.05) is 32.0 Å². The van der Waals surface area contributed by atoms with Crippen LogP contribution in [0, 0.1) is 5.92 Å². The van der Waals surface area contributed by atoms with Crippen LogP contribution in [0.3, 0.4) is 0 Å². The number of carbonyl (C=O) groups excluding carboxylic acids is 2. The molecule has 3 N–H and O–H groups in total. The zero-order valence-electron chi connectivity index (χ0n) is 14.8. The van der Waals surface area contributed by atoms with Crippen LogP contribution in [0.2, 0.25) is 0 Å². The number of halogens is 1. The van der Waals surface area contributed by atoms with Gasteiger partial charge in [0.05, 0.1) is 11.7 Å². The van der Waals surface area contributed by atoms with Gasteiger partial charge in [-0.05, 0) is 31.7 Å². The van der Waals surface area contributed by atoms with Crippen LogP contribution < -0.4 is 11.1 Å². The zero-order chi connectivity index (χ0) is 18.6. The number of benzene rings is 1. The third-order valence-electron chi connectivity index (χ3n) is 4.10. The van der Waals surface area contributed by atoms with E-state index in [0.717, 1.165) is 5.52 Å². The molecular formula is C18H25FN4O2. The first-order valence-electron chi connectivity index (χ1n) is 8.51. The Morgan fingerprint density at radius 2 is 1.96 bits per heavy atom. The number of nitrogens with one attached hydrogen (secondary N) is 1. The van der Waals surface area contributed by atoms with Gasteiger partial charge in [0.1, 0.15) is 6.04 Å². The van der Waals surface area contributed by atoms with E-state index >= 15 is 0 Å². The molecule has 2 atom stereocenters. The quantitative estimate of drug-likeness (QED) is 0.767. The Morgan fingerprint density at radius 1 is 1.28 bits per heavy atom. The topological polar surface area (TPSA) is 90.0 Å². The number of amides is 2. The number of aryl methyl sites for hydroxylation is 1. The molecule has 0 bridgehead atoms. The second-order valence-electron chi connectivity index (χ2n) is 6.61. The molecule has 0 radical (unpaired) electrons. The molecule has 136 valence electrons. The molecule has 0 aliphatic carbocycles. The number of fused-ring (bicyclic) bond motifs is 1. The Balaban J connectivity index is 2.28. The molecule has 0 saturated carbocycles. The normalized spacial score (nSPS) is 13.8. The number of nitrogens with zero attached hydrogens (tertiary/aromatic N) is 2. The third-order valence-corrected chi connectivity index (χ3v) is 4.10. The molecule has 0 saturated heterocycles. The highest BCUT2D eigenvalue weighted by Crippen LogP contribution is 2.20. The summed E-state index contributed by atoms with van der Waals surface area (Å²) in [5.41, 5.74) is 6.41. The average molecular weight is 348 g/mol. The van der Waals surface area contributed by atoms with E-state index < -0.39 is 24.0 Å². The van der Waals surface area contributed by atoms with Crippen LogP contribution in [-0.2, 0) is 11.3 Å². The van der Waals surface area contributed by atoms with Gasteiger partial charge >= 0.3 is 0 Å². The smallest absolute Gasteiger partial charge is 0.273 e. The fourth-order valence-electron chi connectivity index (χ4n) is 2.76. The molecular weight excluding hydrogens is 323 g/mol. The number of para-hydroxylation sites is 1. The number of alkyl halides is 1. The van der Waals surface area contributed by atoms with Crippen molar-refractivity contribution in [2.24, 2.45) is 11.7 Å². The molecule has 1 aromatic heterocycles. The summed E-state index contributed by atoms with van der Waals surface area (Å²) in [6.07, 6.45) is 0.194. The first-order valence-corrected chi connectivity index (χ1v) is 8.51. The molecule has 0 fully saturated rings. The lowest BCUT2D eigenvalue weighted by molar-refractivity contribution is -0.120. The summed E-state index contributed by atoms with van der Waals surface area (Å²) >= 11 is 0. The van der Waals surface area contributed by atoms with Crippen molar-refractivity contribution in [3.05, 3.63) is 30.0 Å². The highest BCUT2D eigenvalue weighted by Gasteiger charge is 2.25. The first kappa shape index (κ1) is 18.9. The summed E-state index contributed by atoms with van der Waals surface area (Å²) in [6, 6.07) is 6.60. The van der Waals surface area contributed by atoms with Gasteiger partial charge in [-0.3, -0.25) is 14.3 Å². The molecule has 1 aromatic carbocycles. The van der Waals surface area contributed by atoms with E-state index in [4.69, 9.17) is 5.73 Å². The summed E-state index contributed by atoms with van der Waals surface area (Å²) in [5.74, 6) is -1.14. The van der Waals surface area contributed by atoms with Crippen LogP contribution in [0.25, 0.3) is 10.9 Å². The fraction of sp³-hybridized carbons (Fsp3) is 0.500. The molecule has 1 heterocycles. The number of aromatic nitrogens is 2. The van der Waals surface area contributed by atoms with Crippen LogP contribution >= 0.6 is 0 Å². The van der Waals surface area contributed by atoms with Gasteiger partial charge in [0, 0.05) is 11.9 Å². The van der Waals surface area contributed by atoms with Gasteiger partial charge in [0.2, 0.25) is 5.91 Å². The van der Waals surface area contributed by atoms with Crippen molar-refractivity contribution in [1.29, 1.82) is 0 Å². The minimum absolute atomic E-state index is 0.124. The average Bonchev–Trinajstić information content (AvgIpc) is 2.90. The number of hydrogen-bond donors (Lipinski definition) is 2. The lowest BCUT2D eigenvalue weighted by atomic mass is 10.0. The van der Waals surface area contributed by atoms with E-state index in [2.05, 4.69) is 10.4 Å². The number of rotatable bonds is 8. The molecule has 0 spiro atoms. The summed E-state index contributed by atoms with van der Waals surface area (Å²) < 4.78 is 14.7. The molecule has 2 rings (SSSR count). The molecule has 25 heavy (non-hydrogen) atoms. The van der Waals surface area contributed by atoms with Gasteiger partial charge in [-0.1, -0.05) is 32.0 Å². The van der Waals surface area contributed by atoms with Crippen LogP contribution in [0.1, 0.15) is 44.1 Å². The van der Waals surface area contributed by atoms with Crippen molar-refractivity contribution in [3.63, 3.8) is 0 Å². The highest BCUT2D eigenvalue weighted by atomic mass is 19.1. The van der Waals surface area contributed by atoms with Crippen molar-refractivity contribution < 1.29 is 14.0 Å². The summed E-state index contributed by atoms with van der Waals surface area (Å²) in [4.78, 5) is 24.1. The number of carbonyl (C=O) groups is 2. The van der Waals surface area contributed by atoms with E-state index in [9.17, 15) is 14.0 Å². The Kier molecular flexibility index (Phi) is 6.12. The summed E-state index contributed by atoms with van der Waals surface area (Å²) in [7, 11) is 0. The zero-order valence-corrected chi connectivity index (χ0v) is 14.8. The van der Waals surface area contributed by atoms with Gasteiger partial charge in [-0.25, -0.2) is 4.39 Å². The van der Waals surface area contributed by atoms with Crippen molar-refractivity contribution in [3.8, 4) is 0 Å². The second kappa shape index (κ2) is 8.09. The van der Waals surface area contributed by atoms with Crippen LogP contribution in [-0.4, -0.2) is 33.8 Å².